The summed E-state index contributed by atoms with van der Waals surface area (Å²) in [7, 11) is 1.15. The van der Waals surface area contributed by atoms with Crippen molar-refractivity contribution < 1.29 is 42.1 Å². The summed E-state index contributed by atoms with van der Waals surface area (Å²) >= 11 is 0. The molecular weight excluding hydrogens is 413 g/mol. The van der Waals surface area contributed by atoms with Crippen molar-refractivity contribution in [2.75, 3.05) is 47.5 Å². The van der Waals surface area contributed by atoms with Crippen molar-refractivity contribution in [3.63, 3.8) is 0 Å². The fraction of sp³-hybridized carbons (Fsp3) is 0.900. The monoisotopic (exact) mass is 453 g/mol. The van der Waals surface area contributed by atoms with Gasteiger partial charge in [-0.25, -0.2) is 0 Å². The number of quaternary nitrogens is 1. The number of rotatable bonds is 18. The molecule has 0 rings (SSSR count). The summed E-state index contributed by atoms with van der Waals surface area (Å²) in [5.41, 5.74) is 0. The number of carbonyl (C=O) groups is 2. The van der Waals surface area contributed by atoms with Crippen LogP contribution in [0.1, 0.15) is 65.2 Å². The maximum Gasteiger partial charge on any atom is 0.306 e. The molecule has 178 valence electrons. The maximum absolute atomic E-state index is 12.1. The molecule has 0 fully saturated rings. The lowest BCUT2D eigenvalue weighted by Gasteiger charge is -2.28. The van der Waals surface area contributed by atoms with Gasteiger partial charge in [-0.15, -0.1) is 0 Å². The molecule has 0 spiro atoms. The zero-order chi connectivity index (χ0) is 23.0. The van der Waals surface area contributed by atoms with E-state index in [1.54, 1.807) is 6.92 Å². The van der Waals surface area contributed by atoms with Gasteiger partial charge in [-0.1, -0.05) is 46.0 Å². The van der Waals surface area contributed by atoms with Gasteiger partial charge in [-0.2, -0.15) is 0 Å². The van der Waals surface area contributed by atoms with E-state index in [4.69, 9.17) is 18.5 Å². The Morgan fingerprint density at radius 1 is 0.933 bits per heavy atom. The van der Waals surface area contributed by atoms with E-state index in [-0.39, 0.29) is 26.1 Å². The number of nitrogens with zero attached hydrogens (tertiary/aromatic N) is 1. The normalized spacial score (nSPS) is 14.7. The molecule has 0 N–H and O–H groups in total. The third-order valence-electron chi connectivity index (χ3n) is 4.18. The fourth-order valence-corrected chi connectivity index (χ4v) is 3.07. The lowest BCUT2D eigenvalue weighted by Crippen LogP contribution is -2.37. The van der Waals surface area contributed by atoms with Crippen LogP contribution in [-0.4, -0.2) is 70.0 Å². The number of hydrogen-bond donors (Lipinski definition) is 0. The number of likely N-dealkylation sites (N-methyl/N-ethyl adjacent to an activating group) is 1. The van der Waals surface area contributed by atoms with Crippen molar-refractivity contribution in [1.82, 2.24) is 0 Å². The molecule has 0 aliphatic carbocycles. The fourth-order valence-electron chi connectivity index (χ4n) is 2.34. The number of unbranched alkanes of at least 4 members (excludes halogenated alkanes) is 5. The Bertz CT molecular complexity index is 535. The summed E-state index contributed by atoms with van der Waals surface area (Å²) in [6.07, 6.45) is 5.52. The average Bonchev–Trinajstić information content (AvgIpc) is 2.65. The Hall–Kier alpha value is -0.990. The number of ether oxygens (including phenoxy) is 2. The first kappa shape index (κ1) is 29.0. The molecule has 30 heavy (non-hydrogen) atoms. The molecule has 0 aromatic rings. The Morgan fingerprint density at radius 3 is 2.17 bits per heavy atom. The zero-order valence-corrected chi connectivity index (χ0v) is 20.1. The van der Waals surface area contributed by atoms with E-state index < -0.39 is 32.5 Å². The summed E-state index contributed by atoms with van der Waals surface area (Å²) in [5.74, 6) is -0.949. The van der Waals surface area contributed by atoms with E-state index in [1.165, 1.54) is 6.42 Å². The van der Waals surface area contributed by atoms with E-state index in [0.717, 1.165) is 25.7 Å². The second-order valence-corrected chi connectivity index (χ2v) is 9.67. The predicted molar refractivity (Wildman–Crippen MR) is 112 cm³/mol. The van der Waals surface area contributed by atoms with E-state index in [0.29, 0.717) is 17.4 Å². The highest BCUT2D eigenvalue weighted by Gasteiger charge is 2.21. The molecule has 9 nitrogen and oxygen atoms in total. The van der Waals surface area contributed by atoms with Crippen molar-refractivity contribution in [3.8, 4) is 0 Å². The molecule has 0 aliphatic heterocycles. The summed E-state index contributed by atoms with van der Waals surface area (Å²) in [5, 5.41) is 0. The predicted octanol–water partition coefficient (Wildman–Crippen LogP) is 2.81. The number of esters is 2. The van der Waals surface area contributed by atoms with Gasteiger partial charge < -0.3 is 27.9 Å². The second kappa shape index (κ2) is 15.8. The van der Waals surface area contributed by atoms with Gasteiger partial charge in [0, 0.05) is 12.8 Å². The topological polar surface area (TPSA) is 111 Å². The summed E-state index contributed by atoms with van der Waals surface area (Å²) in [4.78, 5) is 35.4. The molecular formula is C20H40NO8P. The third kappa shape index (κ3) is 17.8. The van der Waals surface area contributed by atoms with E-state index in [9.17, 15) is 19.0 Å². The lowest BCUT2D eigenvalue weighted by atomic mass is 10.1. The van der Waals surface area contributed by atoms with Gasteiger partial charge in [0.2, 0.25) is 0 Å². The van der Waals surface area contributed by atoms with Crippen LogP contribution in [0.3, 0.4) is 0 Å². The van der Waals surface area contributed by atoms with Gasteiger partial charge in [0.25, 0.3) is 7.82 Å². The second-order valence-electron chi connectivity index (χ2n) is 8.26. The first-order valence-corrected chi connectivity index (χ1v) is 12.2. The zero-order valence-electron chi connectivity index (χ0n) is 19.2. The van der Waals surface area contributed by atoms with Crippen molar-refractivity contribution >= 4 is 19.8 Å². The smallest absolute Gasteiger partial charge is 0.306 e. The molecule has 0 saturated heterocycles. The number of carbonyl (C=O) groups excluding carboxylic acids is 2. The minimum atomic E-state index is -4.56. The SMILES string of the molecule is CCCCCCCCC(=O)OC(COC(=O)CC)COP(=O)([O-])OCC[N+](C)(C)C. The highest BCUT2D eigenvalue weighted by Crippen LogP contribution is 2.38. The van der Waals surface area contributed by atoms with Crippen molar-refractivity contribution in [1.29, 1.82) is 0 Å². The molecule has 0 radical (unpaired) electrons. The van der Waals surface area contributed by atoms with Crippen molar-refractivity contribution in [2.24, 2.45) is 0 Å². The third-order valence-corrected chi connectivity index (χ3v) is 5.15. The van der Waals surface area contributed by atoms with Gasteiger partial charge in [-0.3, -0.25) is 14.2 Å². The number of phosphoric ester groups is 1. The minimum absolute atomic E-state index is 0.0302. The minimum Gasteiger partial charge on any atom is -0.756 e. The molecule has 0 bridgehead atoms. The summed E-state index contributed by atoms with van der Waals surface area (Å²) < 4.78 is 32.4. The average molecular weight is 454 g/mol. The van der Waals surface area contributed by atoms with Crippen LogP contribution in [0.2, 0.25) is 0 Å². The van der Waals surface area contributed by atoms with Crippen LogP contribution in [-0.2, 0) is 32.7 Å². The molecule has 0 amide bonds. The van der Waals surface area contributed by atoms with Gasteiger partial charge in [-0.05, 0) is 6.42 Å². The lowest BCUT2D eigenvalue weighted by molar-refractivity contribution is -0.870. The van der Waals surface area contributed by atoms with Crippen LogP contribution in [0.4, 0.5) is 0 Å². The van der Waals surface area contributed by atoms with Gasteiger partial charge in [0.1, 0.15) is 19.8 Å². The summed E-state index contributed by atoms with van der Waals surface area (Å²) in [6, 6.07) is 0. The van der Waals surface area contributed by atoms with Crippen molar-refractivity contribution in [3.05, 3.63) is 0 Å². The Morgan fingerprint density at radius 2 is 1.57 bits per heavy atom. The Kier molecular flexibility index (Phi) is 15.2. The Balaban J connectivity index is 4.49. The molecule has 0 heterocycles. The molecule has 2 unspecified atom stereocenters. The maximum atomic E-state index is 12.1. The van der Waals surface area contributed by atoms with Crippen LogP contribution in [0.15, 0.2) is 0 Å². The molecule has 0 saturated carbocycles. The quantitative estimate of drug-likeness (QED) is 0.135. The van der Waals surface area contributed by atoms with Gasteiger partial charge >= 0.3 is 11.9 Å². The number of hydrogen-bond acceptors (Lipinski definition) is 8. The molecule has 0 aliphatic rings. The largest absolute Gasteiger partial charge is 0.756 e. The number of phosphoric acid groups is 1. The first-order chi connectivity index (χ1) is 14.0. The molecule has 0 aromatic carbocycles. The van der Waals surface area contributed by atoms with Crippen LogP contribution in [0.5, 0.6) is 0 Å². The van der Waals surface area contributed by atoms with Gasteiger partial charge in [0.05, 0.1) is 27.7 Å². The van der Waals surface area contributed by atoms with E-state index >= 15 is 0 Å². The van der Waals surface area contributed by atoms with Crippen LogP contribution < -0.4 is 4.89 Å². The summed E-state index contributed by atoms with van der Waals surface area (Å²) in [6.45, 7) is 3.47. The highest BCUT2D eigenvalue weighted by molar-refractivity contribution is 7.45. The van der Waals surface area contributed by atoms with Crippen molar-refractivity contribution in [2.45, 2.75) is 71.3 Å². The van der Waals surface area contributed by atoms with E-state index in [2.05, 4.69) is 6.92 Å². The highest BCUT2D eigenvalue weighted by atomic mass is 31.2. The van der Waals surface area contributed by atoms with Gasteiger partial charge in [0.15, 0.2) is 6.10 Å². The van der Waals surface area contributed by atoms with Crippen LogP contribution >= 0.6 is 7.82 Å². The van der Waals surface area contributed by atoms with Crippen LogP contribution in [0.25, 0.3) is 0 Å². The molecule has 2 atom stereocenters. The molecule has 10 heteroatoms. The molecule has 0 aromatic heterocycles. The Labute approximate surface area is 181 Å². The van der Waals surface area contributed by atoms with E-state index in [1.807, 2.05) is 21.1 Å². The standard InChI is InChI=1S/C20H40NO8P/c1-6-8-9-10-11-12-13-20(23)29-18(16-26-19(22)7-2)17-28-30(24,25)27-15-14-21(3,4)5/h18H,6-17H2,1-5H3. The first-order valence-electron chi connectivity index (χ1n) is 10.7. The van der Waals surface area contributed by atoms with Crippen LogP contribution in [0, 0.1) is 0 Å².